The standard InChI is InChI=1S/C16H15BrN2O/c17-14-9-4-10-15(18-14)19-16(20)13-8-3-6-11-5-1-2-7-12(11)13/h1-2,4-5,7,9-10,13H,3,6,8H2,(H,18,19,20). The van der Waals surface area contributed by atoms with Crippen LogP contribution in [0.1, 0.15) is 29.9 Å². The second kappa shape index (κ2) is 5.75. The van der Waals surface area contributed by atoms with Gasteiger partial charge in [0.25, 0.3) is 0 Å². The van der Waals surface area contributed by atoms with E-state index in [1.807, 2.05) is 24.3 Å². The van der Waals surface area contributed by atoms with Gasteiger partial charge < -0.3 is 5.32 Å². The average molecular weight is 331 g/mol. The van der Waals surface area contributed by atoms with Crippen LogP contribution in [0.2, 0.25) is 0 Å². The number of fused-ring (bicyclic) bond motifs is 1. The molecule has 1 aliphatic carbocycles. The molecule has 0 saturated carbocycles. The lowest BCUT2D eigenvalue weighted by Gasteiger charge is -2.24. The number of hydrogen-bond donors (Lipinski definition) is 1. The van der Waals surface area contributed by atoms with Gasteiger partial charge in [0.05, 0.1) is 5.92 Å². The Labute approximate surface area is 126 Å². The summed E-state index contributed by atoms with van der Waals surface area (Å²) in [6, 6.07) is 13.7. The number of aromatic nitrogens is 1. The first-order valence-electron chi connectivity index (χ1n) is 6.75. The molecule has 3 rings (SSSR count). The lowest BCUT2D eigenvalue weighted by molar-refractivity contribution is -0.117. The molecule has 1 N–H and O–H groups in total. The summed E-state index contributed by atoms with van der Waals surface area (Å²) in [7, 11) is 0. The summed E-state index contributed by atoms with van der Waals surface area (Å²) in [6.45, 7) is 0. The summed E-state index contributed by atoms with van der Waals surface area (Å²) in [6.07, 6.45) is 3.02. The number of anilines is 1. The SMILES string of the molecule is O=C(Nc1cccc(Br)n1)C1CCCc2ccccc21. The highest BCUT2D eigenvalue weighted by Gasteiger charge is 2.26. The predicted molar refractivity (Wildman–Crippen MR) is 82.7 cm³/mol. The van der Waals surface area contributed by atoms with Gasteiger partial charge in [-0.1, -0.05) is 30.3 Å². The monoisotopic (exact) mass is 330 g/mol. The molecule has 3 nitrogen and oxygen atoms in total. The van der Waals surface area contributed by atoms with E-state index in [9.17, 15) is 4.79 Å². The molecule has 0 aliphatic heterocycles. The average Bonchev–Trinajstić information content (AvgIpc) is 2.46. The molecule has 4 heteroatoms. The number of carbonyl (C=O) groups is 1. The van der Waals surface area contributed by atoms with Crippen molar-refractivity contribution in [3.8, 4) is 0 Å². The number of benzene rings is 1. The number of amides is 1. The van der Waals surface area contributed by atoms with E-state index in [2.05, 4.69) is 38.4 Å². The zero-order chi connectivity index (χ0) is 13.9. The second-order valence-corrected chi connectivity index (χ2v) is 5.79. The van der Waals surface area contributed by atoms with Crippen LogP contribution in [0, 0.1) is 0 Å². The fraction of sp³-hybridized carbons (Fsp3) is 0.250. The Bertz CT molecular complexity index is 642. The number of pyridine rings is 1. The Kier molecular flexibility index (Phi) is 3.83. The summed E-state index contributed by atoms with van der Waals surface area (Å²) in [5.41, 5.74) is 2.45. The van der Waals surface area contributed by atoms with Crippen LogP contribution in [0.15, 0.2) is 47.1 Å². The van der Waals surface area contributed by atoms with Crippen LogP contribution in [0.3, 0.4) is 0 Å². The first kappa shape index (κ1) is 13.3. The van der Waals surface area contributed by atoms with Crippen molar-refractivity contribution in [2.24, 2.45) is 0 Å². The number of hydrogen-bond acceptors (Lipinski definition) is 2. The number of halogens is 1. The maximum absolute atomic E-state index is 12.5. The lowest BCUT2D eigenvalue weighted by Crippen LogP contribution is -2.25. The van der Waals surface area contributed by atoms with Gasteiger partial charge in [0, 0.05) is 0 Å². The summed E-state index contributed by atoms with van der Waals surface area (Å²) < 4.78 is 0.722. The van der Waals surface area contributed by atoms with Crippen molar-refractivity contribution in [3.63, 3.8) is 0 Å². The Hall–Kier alpha value is -1.68. The van der Waals surface area contributed by atoms with Gasteiger partial charge in [-0.05, 0) is 58.5 Å². The molecule has 0 bridgehead atoms. The fourth-order valence-corrected chi connectivity index (χ4v) is 3.06. The van der Waals surface area contributed by atoms with Crippen LogP contribution in [0.25, 0.3) is 0 Å². The van der Waals surface area contributed by atoms with Gasteiger partial charge in [-0.15, -0.1) is 0 Å². The van der Waals surface area contributed by atoms with Crippen LogP contribution in [0.5, 0.6) is 0 Å². The van der Waals surface area contributed by atoms with Gasteiger partial charge in [0.1, 0.15) is 10.4 Å². The molecule has 1 aliphatic rings. The maximum atomic E-state index is 12.5. The third-order valence-electron chi connectivity index (χ3n) is 3.65. The van der Waals surface area contributed by atoms with Crippen LogP contribution < -0.4 is 5.32 Å². The molecule has 1 unspecified atom stereocenters. The van der Waals surface area contributed by atoms with E-state index in [-0.39, 0.29) is 11.8 Å². The highest BCUT2D eigenvalue weighted by Crippen LogP contribution is 2.32. The molecule has 2 aromatic rings. The molecule has 1 atom stereocenters. The zero-order valence-electron chi connectivity index (χ0n) is 11.0. The quantitative estimate of drug-likeness (QED) is 0.848. The zero-order valence-corrected chi connectivity index (χ0v) is 12.6. The molecule has 0 spiro atoms. The molecule has 102 valence electrons. The van der Waals surface area contributed by atoms with Crippen molar-refractivity contribution in [2.45, 2.75) is 25.2 Å². The molecular formula is C16H15BrN2O. The number of nitrogens with one attached hydrogen (secondary N) is 1. The van der Waals surface area contributed by atoms with Gasteiger partial charge in [-0.2, -0.15) is 0 Å². The number of rotatable bonds is 2. The molecule has 1 amide bonds. The smallest absolute Gasteiger partial charge is 0.233 e. The van der Waals surface area contributed by atoms with E-state index in [1.54, 1.807) is 6.07 Å². The van der Waals surface area contributed by atoms with E-state index < -0.39 is 0 Å². The first-order chi connectivity index (χ1) is 9.74. The molecule has 0 radical (unpaired) electrons. The highest BCUT2D eigenvalue weighted by atomic mass is 79.9. The minimum atomic E-state index is -0.0688. The molecule has 20 heavy (non-hydrogen) atoms. The van der Waals surface area contributed by atoms with Crippen molar-refractivity contribution in [3.05, 3.63) is 58.2 Å². The van der Waals surface area contributed by atoms with Crippen molar-refractivity contribution < 1.29 is 4.79 Å². The largest absolute Gasteiger partial charge is 0.310 e. The van der Waals surface area contributed by atoms with Crippen LogP contribution >= 0.6 is 15.9 Å². The van der Waals surface area contributed by atoms with Gasteiger partial charge >= 0.3 is 0 Å². The van der Waals surface area contributed by atoms with Crippen molar-refractivity contribution in [1.29, 1.82) is 0 Å². The molecule has 1 aromatic heterocycles. The normalized spacial score (nSPS) is 17.4. The lowest BCUT2D eigenvalue weighted by atomic mass is 9.82. The van der Waals surface area contributed by atoms with E-state index >= 15 is 0 Å². The topological polar surface area (TPSA) is 42.0 Å². The van der Waals surface area contributed by atoms with E-state index in [0.717, 1.165) is 29.4 Å². The number of nitrogens with zero attached hydrogens (tertiary/aromatic N) is 1. The predicted octanol–water partition coefficient (Wildman–Crippen LogP) is 3.90. The first-order valence-corrected chi connectivity index (χ1v) is 7.54. The molecular weight excluding hydrogens is 316 g/mol. The third-order valence-corrected chi connectivity index (χ3v) is 4.09. The molecule has 0 saturated heterocycles. The van der Waals surface area contributed by atoms with Gasteiger partial charge in [0.2, 0.25) is 5.91 Å². The van der Waals surface area contributed by atoms with Gasteiger partial charge in [-0.3, -0.25) is 4.79 Å². The van der Waals surface area contributed by atoms with Crippen LogP contribution in [-0.2, 0) is 11.2 Å². The molecule has 1 aromatic carbocycles. The number of carbonyl (C=O) groups excluding carboxylic acids is 1. The van der Waals surface area contributed by atoms with Crippen molar-refractivity contribution in [2.75, 3.05) is 5.32 Å². The van der Waals surface area contributed by atoms with Crippen LogP contribution in [0.4, 0.5) is 5.82 Å². The third kappa shape index (κ3) is 2.75. The number of aryl methyl sites for hydroxylation is 1. The Balaban J connectivity index is 1.82. The molecule has 0 fully saturated rings. The minimum absolute atomic E-state index is 0.0303. The van der Waals surface area contributed by atoms with Gasteiger partial charge in [-0.25, -0.2) is 4.98 Å². The second-order valence-electron chi connectivity index (χ2n) is 4.98. The summed E-state index contributed by atoms with van der Waals surface area (Å²) in [5.74, 6) is 0.552. The Morgan fingerprint density at radius 2 is 2.05 bits per heavy atom. The van der Waals surface area contributed by atoms with Crippen LogP contribution in [-0.4, -0.2) is 10.9 Å². The van der Waals surface area contributed by atoms with E-state index in [0.29, 0.717) is 5.82 Å². The summed E-state index contributed by atoms with van der Waals surface area (Å²) in [4.78, 5) is 16.7. The minimum Gasteiger partial charge on any atom is -0.310 e. The maximum Gasteiger partial charge on any atom is 0.233 e. The summed E-state index contributed by atoms with van der Waals surface area (Å²) >= 11 is 3.31. The highest BCUT2D eigenvalue weighted by molar-refractivity contribution is 9.10. The van der Waals surface area contributed by atoms with E-state index in [4.69, 9.17) is 0 Å². The molecule has 1 heterocycles. The fourth-order valence-electron chi connectivity index (χ4n) is 2.72. The van der Waals surface area contributed by atoms with Gasteiger partial charge in [0.15, 0.2) is 0 Å². The van der Waals surface area contributed by atoms with Crippen molar-refractivity contribution in [1.82, 2.24) is 4.98 Å². The van der Waals surface area contributed by atoms with Crippen molar-refractivity contribution >= 4 is 27.7 Å². The van der Waals surface area contributed by atoms with E-state index in [1.165, 1.54) is 5.56 Å². The Morgan fingerprint density at radius 1 is 1.20 bits per heavy atom. The Morgan fingerprint density at radius 3 is 2.90 bits per heavy atom. The summed E-state index contributed by atoms with van der Waals surface area (Å²) in [5, 5.41) is 2.91.